The van der Waals surface area contributed by atoms with Gasteiger partial charge in [-0.25, -0.2) is 0 Å². The summed E-state index contributed by atoms with van der Waals surface area (Å²) in [5, 5.41) is 5.03. The molecule has 0 saturated carbocycles. The molecule has 9 aromatic rings. The first-order chi connectivity index (χ1) is 26.8. The number of fused-ring (bicyclic) bond motifs is 2. The van der Waals surface area contributed by atoms with E-state index in [1.54, 1.807) is 0 Å². The van der Waals surface area contributed by atoms with Gasteiger partial charge in [-0.1, -0.05) is 194 Å². The average molecular weight is 683 g/mol. The first-order valence-corrected chi connectivity index (χ1v) is 18.3. The second-order valence-electron chi connectivity index (χ2n) is 13.4. The molecular formula is C54H34. The molecule has 9 rings (SSSR count). The van der Waals surface area contributed by atoms with Gasteiger partial charge in [0.2, 0.25) is 0 Å². The standard InChI is InChI=1S/C54H34/c1-5-17-49(45-31-35-47(36-32-45)53-21-9-15-41-11-3-7-19-51(41)53)43(13-1)29-27-39-23-25-40(26-24-39)28-30-44-14-2-6-18-50(44)46-33-37-48(38-34-46)54-22-10-16-42-12-4-8-20-52(42)54/h1-26,31-38H. The van der Waals surface area contributed by atoms with E-state index in [0.717, 1.165) is 44.5 Å². The number of hydrogen-bond acceptors (Lipinski definition) is 0. The number of hydrogen-bond donors (Lipinski definition) is 0. The summed E-state index contributed by atoms with van der Waals surface area (Å²) in [5.41, 5.74) is 13.3. The molecule has 250 valence electrons. The van der Waals surface area contributed by atoms with Crippen LogP contribution in [0.15, 0.2) is 206 Å². The van der Waals surface area contributed by atoms with E-state index in [2.05, 4.69) is 218 Å². The Kier molecular flexibility index (Phi) is 8.85. The molecule has 0 bridgehead atoms. The Hall–Kier alpha value is -7.38. The lowest BCUT2D eigenvalue weighted by molar-refractivity contribution is 1.56. The van der Waals surface area contributed by atoms with E-state index in [4.69, 9.17) is 0 Å². The fraction of sp³-hybridized carbons (Fsp3) is 0. The molecule has 9 aromatic carbocycles. The molecule has 0 aromatic heterocycles. The zero-order chi connectivity index (χ0) is 36.1. The van der Waals surface area contributed by atoms with E-state index < -0.39 is 0 Å². The van der Waals surface area contributed by atoms with Crippen molar-refractivity contribution >= 4 is 21.5 Å². The first-order valence-electron chi connectivity index (χ1n) is 18.3. The topological polar surface area (TPSA) is 0 Å². The third-order valence-electron chi connectivity index (χ3n) is 10.0. The van der Waals surface area contributed by atoms with Gasteiger partial charge >= 0.3 is 0 Å². The van der Waals surface area contributed by atoms with Crippen LogP contribution in [0.5, 0.6) is 0 Å². The summed E-state index contributed by atoms with van der Waals surface area (Å²) in [5.74, 6) is 13.7. The Balaban J connectivity index is 0.924. The van der Waals surface area contributed by atoms with Crippen LogP contribution in [0.1, 0.15) is 22.3 Å². The van der Waals surface area contributed by atoms with Gasteiger partial charge in [-0.05, 0) is 102 Å². The summed E-state index contributed by atoms with van der Waals surface area (Å²) >= 11 is 0. The van der Waals surface area contributed by atoms with Crippen molar-refractivity contribution in [2.45, 2.75) is 0 Å². The maximum absolute atomic E-state index is 3.44. The van der Waals surface area contributed by atoms with Gasteiger partial charge in [-0.3, -0.25) is 0 Å². The van der Waals surface area contributed by atoms with Crippen molar-refractivity contribution in [1.82, 2.24) is 0 Å². The minimum atomic E-state index is 0.952. The molecule has 0 nitrogen and oxygen atoms in total. The third-order valence-corrected chi connectivity index (χ3v) is 10.0. The van der Waals surface area contributed by atoms with Gasteiger partial charge in [0, 0.05) is 22.3 Å². The molecule has 0 heteroatoms. The quantitative estimate of drug-likeness (QED) is 0.162. The van der Waals surface area contributed by atoms with Crippen molar-refractivity contribution in [3.05, 3.63) is 229 Å². The summed E-state index contributed by atoms with van der Waals surface area (Å²) in [6, 6.07) is 72.6. The molecule has 0 heterocycles. The zero-order valence-corrected chi connectivity index (χ0v) is 29.6. The summed E-state index contributed by atoms with van der Waals surface area (Å²) in [4.78, 5) is 0. The maximum Gasteiger partial charge on any atom is 0.0327 e. The summed E-state index contributed by atoms with van der Waals surface area (Å²) in [6.07, 6.45) is 0. The molecule has 0 aliphatic heterocycles. The second-order valence-corrected chi connectivity index (χ2v) is 13.4. The Morgan fingerprint density at radius 3 is 0.963 bits per heavy atom. The van der Waals surface area contributed by atoms with Crippen molar-refractivity contribution in [2.75, 3.05) is 0 Å². The molecule has 0 unspecified atom stereocenters. The van der Waals surface area contributed by atoms with Crippen LogP contribution in [0.4, 0.5) is 0 Å². The summed E-state index contributed by atoms with van der Waals surface area (Å²) < 4.78 is 0. The Morgan fingerprint density at radius 2 is 0.537 bits per heavy atom. The molecule has 0 spiro atoms. The van der Waals surface area contributed by atoms with Gasteiger partial charge in [0.15, 0.2) is 0 Å². The molecule has 0 atom stereocenters. The lowest BCUT2D eigenvalue weighted by Gasteiger charge is -2.09. The smallest absolute Gasteiger partial charge is 0.0327 e. The Bertz CT molecular complexity index is 2690. The van der Waals surface area contributed by atoms with Crippen LogP contribution in [0.25, 0.3) is 66.1 Å². The molecule has 0 saturated heterocycles. The summed E-state index contributed by atoms with van der Waals surface area (Å²) in [6.45, 7) is 0. The van der Waals surface area contributed by atoms with Crippen LogP contribution in [-0.4, -0.2) is 0 Å². The highest BCUT2D eigenvalue weighted by Gasteiger charge is 2.08. The highest BCUT2D eigenvalue weighted by atomic mass is 14.1. The zero-order valence-electron chi connectivity index (χ0n) is 29.6. The average Bonchev–Trinajstić information content (AvgIpc) is 3.25. The van der Waals surface area contributed by atoms with E-state index in [-0.39, 0.29) is 0 Å². The monoisotopic (exact) mass is 682 g/mol. The lowest BCUT2D eigenvalue weighted by Crippen LogP contribution is -1.86. The number of benzene rings is 9. The lowest BCUT2D eigenvalue weighted by atomic mass is 9.94. The van der Waals surface area contributed by atoms with Crippen molar-refractivity contribution in [3.63, 3.8) is 0 Å². The van der Waals surface area contributed by atoms with E-state index in [1.807, 2.05) is 12.1 Å². The van der Waals surface area contributed by atoms with Crippen LogP contribution < -0.4 is 0 Å². The predicted molar refractivity (Wildman–Crippen MR) is 228 cm³/mol. The molecule has 0 radical (unpaired) electrons. The van der Waals surface area contributed by atoms with Crippen LogP contribution in [0.3, 0.4) is 0 Å². The fourth-order valence-corrected chi connectivity index (χ4v) is 7.22. The number of rotatable bonds is 4. The fourth-order valence-electron chi connectivity index (χ4n) is 7.22. The molecule has 0 aliphatic carbocycles. The Morgan fingerprint density at radius 1 is 0.222 bits per heavy atom. The maximum atomic E-state index is 3.44. The minimum absolute atomic E-state index is 0.952. The molecule has 54 heavy (non-hydrogen) atoms. The van der Waals surface area contributed by atoms with Gasteiger partial charge in [-0.2, -0.15) is 0 Å². The van der Waals surface area contributed by atoms with Crippen LogP contribution in [0.2, 0.25) is 0 Å². The predicted octanol–water partition coefficient (Wildman–Crippen LogP) is 13.5. The van der Waals surface area contributed by atoms with E-state index in [0.29, 0.717) is 0 Å². The minimum Gasteiger partial charge on any atom is -0.0616 e. The van der Waals surface area contributed by atoms with Gasteiger partial charge < -0.3 is 0 Å². The van der Waals surface area contributed by atoms with E-state index in [1.165, 1.54) is 43.8 Å². The van der Waals surface area contributed by atoms with Crippen molar-refractivity contribution in [3.8, 4) is 68.2 Å². The second kappa shape index (κ2) is 14.7. The van der Waals surface area contributed by atoms with Gasteiger partial charge in [0.05, 0.1) is 0 Å². The van der Waals surface area contributed by atoms with E-state index in [9.17, 15) is 0 Å². The third kappa shape index (κ3) is 6.69. The molecule has 0 amide bonds. The summed E-state index contributed by atoms with van der Waals surface area (Å²) in [7, 11) is 0. The molecule has 0 fully saturated rings. The first kappa shape index (κ1) is 32.5. The SMILES string of the molecule is C(#Cc1ccccc1-c1ccc(-c2cccc3ccccc23)cc1)c1ccc(C#Cc2ccccc2-c2ccc(-c3cccc4ccccc34)cc2)cc1. The molecule has 0 N–H and O–H groups in total. The van der Waals surface area contributed by atoms with Crippen LogP contribution >= 0.6 is 0 Å². The van der Waals surface area contributed by atoms with Crippen molar-refractivity contribution in [1.29, 1.82) is 0 Å². The van der Waals surface area contributed by atoms with Crippen LogP contribution in [0, 0.1) is 23.7 Å². The highest BCUT2D eigenvalue weighted by Crippen LogP contribution is 2.33. The van der Waals surface area contributed by atoms with Gasteiger partial charge in [0.1, 0.15) is 0 Å². The molecular weight excluding hydrogens is 649 g/mol. The van der Waals surface area contributed by atoms with Crippen molar-refractivity contribution in [2.24, 2.45) is 0 Å². The van der Waals surface area contributed by atoms with Gasteiger partial charge in [-0.15, -0.1) is 0 Å². The molecule has 0 aliphatic rings. The largest absolute Gasteiger partial charge is 0.0616 e. The Labute approximate surface area is 317 Å². The highest BCUT2D eigenvalue weighted by molar-refractivity contribution is 5.98. The van der Waals surface area contributed by atoms with Crippen molar-refractivity contribution < 1.29 is 0 Å². The normalized spacial score (nSPS) is 10.7. The van der Waals surface area contributed by atoms with Gasteiger partial charge in [0.25, 0.3) is 0 Å². The van der Waals surface area contributed by atoms with E-state index >= 15 is 0 Å². The van der Waals surface area contributed by atoms with Crippen LogP contribution in [-0.2, 0) is 0 Å².